The van der Waals surface area contributed by atoms with E-state index in [1.807, 2.05) is 6.07 Å². The molecule has 19 heavy (non-hydrogen) atoms. The maximum absolute atomic E-state index is 5.44. The first kappa shape index (κ1) is 14.6. The Balaban J connectivity index is 1.75. The van der Waals surface area contributed by atoms with Crippen LogP contribution >= 0.6 is 0 Å². The molecule has 108 valence electrons. The fourth-order valence-corrected chi connectivity index (χ4v) is 2.73. The van der Waals surface area contributed by atoms with Crippen molar-refractivity contribution in [3.05, 3.63) is 24.2 Å². The summed E-state index contributed by atoms with van der Waals surface area (Å²) >= 11 is 0. The first-order valence-corrected chi connectivity index (χ1v) is 7.45. The third-order valence-electron chi connectivity index (χ3n) is 3.94. The molecular weight excluding hydrogens is 236 g/mol. The highest BCUT2D eigenvalue weighted by molar-refractivity contribution is 5.00. The molecule has 0 radical (unpaired) electrons. The zero-order chi connectivity index (χ0) is 13.9. The molecule has 1 aliphatic rings. The summed E-state index contributed by atoms with van der Waals surface area (Å²) in [6.07, 6.45) is 4.10. The predicted molar refractivity (Wildman–Crippen MR) is 79.3 cm³/mol. The molecule has 1 saturated heterocycles. The molecule has 2 rings (SSSR count). The molecule has 0 saturated carbocycles. The summed E-state index contributed by atoms with van der Waals surface area (Å²) in [6, 6.07) is 4.62. The van der Waals surface area contributed by atoms with Crippen LogP contribution in [0.25, 0.3) is 0 Å². The van der Waals surface area contributed by atoms with Crippen molar-refractivity contribution >= 4 is 0 Å². The van der Waals surface area contributed by atoms with Crippen LogP contribution in [0.1, 0.15) is 39.9 Å². The molecule has 2 unspecified atom stereocenters. The Morgan fingerprint density at radius 3 is 2.89 bits per heavy atom. The van der Waals surface area contributed by atoms with Crippen LogP contribution in [0.2, 0.25) is 0 Å². The summed E-state index contributed by atoms with van der Waals surface area (Å²) in [5, 5.41) is 3.62. The minimum atomic E-state index is 0.229. The third kappa shape index (κ3) is 4.66. The maximum atomic E-state index is 5.44. The topological polar surface area (TPSA) is 28.4 Å². The molecule has 0 bridgehead atoms. The van der Waals surface area contributed by atoms with E-state index in [1.165, 1.54) is 19.5 Å². The van der Waals surface area contributed by atoms with Gasteiger partial charge in [0.15, 0.2) is 0 Å². The molecule has 0 amide bonds. The molecule has 0 aliphatic carbocycles. The maximum Gasteiger partial charge on any atom is 0.105 e. The SMILES string of the molecule is CC(Cc1ccco1)N1CCC(CNC(C)(C)C)C1. The highest BCUT2D eigenvalue weighted by atomic mass is 16.3. The van der Waals surface area contributed by atoms with Crippen LogP contribution in [0.4, 0.5) is 0 Å². The minimum Gasteiger partial charge on any atom is -0.469 e. The second kappa shape index (κ2) is 6.10. The van der Waals surface area contributed by atoms with Gasteiger partial charge in [0.1, 0.15) is 5.76 Å². The van der Waals surface area contributed by atoms with E-state index < -0.39 is 0 Å². The van der Waals surface area contributed by atoms with E-state index >= 15 is 0 Å². The van der Waals surface area contributed by atoms with Crippen molar-refractivity contribution in [3.63, 3.8) is 0 Å². The molecule has 1 fully saturated rings. The van der Waals surface area contributed by atoms with Gasteiger partial charge in [0, 0.05) is 24.5 Å². The molecule has 0 spiro atoms. The highest BCUT2D eigenvalue weighted by Gasteiger charge is 2.27. The lowest BCUT2D eigenvalue weighted by Crippen LogP contribution is -2.40. The van der Waals surface area contributed by atoms with E-state index in [1.54, 1.807) is 6.26 Å². The smallest absolute Gasteiger partial charge is 0.105 e. The predicted octanol–water partition coefficient (Wildman–Crippen LogP) is 2.92. The summed E-state index contributed by atoms with van der Waals surface area (Å²) in [4.78, 5) is 2.59. The molecule has 1 aromatic heterocycles. The Labute approximate surface area is 117 Å². The summed E-state index contributed by atoms with van der Waals surface area (Å²) in [7, 11) is 0. The average molecular weight is 264 g/mol. The van der Waals surface area contributed by atoms with Gasteiger partial charge in [-0.3, -0.25) is 4.90 Å². The van der Waals surface area contributed by atoms with Crippen molar-refractivity contribution in [2.75, 3.05) is 19.6 Å². The van der Waals surface area contributed by atoms with Crippen LogP contribution < -0.4 is 5.32 Å². The van der Waals surface area contributed by atoms with Crippen LogP contribution in [0.5, 0.6) is 0 Å². The average Bonchev–Trinajstić information content (AvgIpc) is 2.95. The molecule has 3 nitrogen and oxygen atoms in total. The monoisotopic (exact) mass is 264 g/mol. The fourth-order valence-electron chi connectivity index (χ4n) is 2.73. The molecular formula is C16H28N2O. The van der Waals surface area contributed by atoms with Gasteiger partial charge in [0.25, 0.3) is 0 Å². The summed E-state index contributed by atoms with van der Waals surface area (Å²) in [5.41, 5.74) is 0.229. The number of rotatable bonds is 5. The lowest BCUT2D eigenvalue weighted by atomic mass is 10.1. The van der Waals surface area contributed by atoms with E-state index in [0.717, 1.165) is 24.6 Å². The highest BCUT2D eigenvalue weighted by Crippen LogP contribution is 2.20. The van der Waals surface area contributed by atoms with Crippen molar-refractivity contribution in [1.29, 1.82) is 0 Å². The second-order valence-electron chi connectivity index (χ2n) is 6.91. The van der Waals surface area contributed by atoms with Gasteiger partial charge in [-0.25, -0.2) is 0 Å². The van der Waals surface area contributed by atoms with Gasteiger partial charge in [0.05, 0.1) is 6.26 Å². The molecule has 2 heterocycles. The number of nitrogens with one attached hydrogen (secondary N) is 1. The lowest BCUT2D eigenvalue weighted by Gasteiger charge is -2.25. The van der Waals surface area contributed by atoms with Gasteiger partial charge in [-0.2, -0.15) is 0 Å². The van der Waals surface area contributed by atoms with Crippen LogP contribution in [-0.4, -0.2) is 36.1 Å². The number of likely N-dealkylation sites (tertiary alicyclic amines) is 1. The van der Waals surface area contributed by atoms with Gasteiger partial charge in [-0.05, 0) is 65.3 Å². The Hall–Kier alpha value is -0.800. The molecule has 0 aromatic carbocycles. The Kier molecular flexibility index (Phi) is 4.69. The van der Waals surface area contributed by atoms with E-state index in [9.17, 15) is 0 Å². The van der Waals surface area contributed by atoms with Crippen molar-refractivity contribution in [1.82, 2.24) is 10.2 Å². The van der Waals surface area contributed by atoms with Gasteiger partial charge < -0.3 is 9.73 Å². The number of hydrogen-bond acceptors (Lipinski definition) is 3. The van der Waals surface area contributed by atoms with Crippen molar-refractivity contribution in [3.8, 4) is 0 Å². The van der Waals surface area contributed by atoms with Gasteiger partial charge in [-0.1, -0.05) is 0 Å². The van der Waals surface area contributed by atoms with E-state index in [2.05, 4.69) is 44.0 Å². The zero-order valence-corrected chi connectivity index (χ0v) is 12.8. The molecule has 1 aliphatic heterocycles. The van der Waals surface area contributed by atoms with E-state index in [0.29, 0.717) is 6.04 Å². The lowest BCUT2D eigenvalue weighted by molar-refractivity contribution is 0.236. The van der Waals surface area contributed by atoms with Crippen molar-refractivity contribution in [2.45, 2.75) is 52.1 Å². The van der Waals surface area contributed by atoms with Crippen LogP contribution in [0, 0.1) is 5.92 Å². The van der Waals surface area contributed by atoms with Crippen molar-refractivity contribution < 1.29 is 4.42 Å². The van der Waals surface area contributed by atoms with Crippen LogP contribution in [-0.2, 0) is 6.42 Å². The molecule has 1 aromatic rings. The largest absolute Gasteiger partial charge is 0.469 e. The third-order valence-corrected chi connectivity index (χ3v) is 3.94. The van der Waals surface area contributed by atoms with Gasteiger partial charge in [-0.15, -0.1) is 0 Å². The fraction of sp³-hybridized carbons (Fsp3) is 0.750. The Bertz CT molecular complexity index is 367. The Morgan fingerprint density at radius 2 is 2.26 bits per heavy atom. The van der Waals surface area contributed by atoms with Crippen LogP contribution in [0.15, 0.2) is 22.8 Å². The van der Waals surface area contributed by atoms with Gasteiger partial charge >= 0.3 is 0 Å². The zero-order valence-electron chi connectivity index (χ0n) is 12.8. The summed E-state index contributed by atoms with van der Waals surface area (Å²) < 4.78 is 5.44. The van der Waals surface area contributed by atoms with E-state index in [-0.39, 0.29) is 5.54 Å². The van der Waals surface area contributed by atoms with Crippen LogP contribution in [0.3, 0.4) is 0 Å². The van der Waals surface area contributed by atoms with Gasteiger partial charge in [0.2, 0.25) is 0 Å². The minimum absolute atomic E-state index is 0.229. The second-order valence-corrected chi connectivity index (χ2v) is 6.91. The summed E-state index contributed by atoms with van der Waals surface area (Å²) in [5.74, 6) is 1.89. The number of nitrogens with zero attached hydrogens (tertiary/aromatic N) is 1. The summed E-state index contributed by atoms with van der Waals surface area (Å²) in [6.45, 7) is 12.6. The first-order valence-electron chi connectivity index (χ1n) is 7.45. The van der Waals surface area contributed by atoms with E-state index in [4.69, 9.17) is 4.42 Å². The molecule has 1 N–H and O–H groups in total. The quantitative estimate of drug-likeness (QED) is 0.886. The standard InChI is InChI=1S/C16H28N2O/c1-13(10-15-6-5-9-19-15)18-8-7-14(12-18)11-17-16(2,3)4/h5-6,9,13-14,17H,7-8,10-12H2,1-4H3. The molecule has 3 heteroatoms. The molecule has 2 atom stereocenters. The number of furan rings is 1. The number of hydrogen-bond donors (Lipinski definition) is 1. The normalized spacial score (nSPS) is 22.8. The first-order chi connectivity index (χ1) is 8.94. The van der Waals surface area contributed by atoms with Crippen molar-refractivity contribution in [2.24, 2.45) is 5.92 Å². The Morgan fingerprint density at radius 1 is 1.47 bits per heavy atom.